The Morgan fingerprint density at radius 1 is 1.03 bits per heavy atom. The van der Waals surface area contributed by atoms with Crippen LogP contribution in [0.5, 0.6) is 11.5 Å². The van der Waals surface area contributed by atoms with Crippen molar-refractivity contribution >= 4 is 17.7 Å². The molecule has 0 bridgehead atoms. The van der Waals surface area contributed by atoms with E-state index >= 15 is 0 Å². The minimum absolute atomic E-state index is 0.0523. The molecule has 5 nitrogen and oxygen atoms in total. The molecule has 2 aromatic carbocycles. The maximum atomic E-state index is 12.6. The van der Waals surface area contributed by atoms with Crippen molar-refractivity contribution in [1.82, 2.24) is 5.32 Å². The molecule has 2 aliphatic rings. The topological polar surface area (TPSA) is 56.8 Å². The summed E-state index contributed by atoms with van der Waals surface area (Å²) in [5.41, 5.74) is 2.46. The third-order valence-corrected chi connectivity index (χ3v) is 7.16. The Morgan fingerprint density at radius 3 is 2.45 bits per heavy atom. The monoisotopic (exact) mass is 441 g/mol. The van der Waals surface area contributed by atoms with Crippen LogP contribution >= 0.6 is 11.8 Å². The van der Waals surface area contributed by atoms with Crippen molar-refractivity contribution in [2.45, 2.75) is 49.3 Å². The fraction of sp³-hybridized carbons (Fsp3) is 0.480. The summed E-state index contributed by atoms with van der Waals surface area (Å²) in [4.78, 5) is 13.7. The van der Waals surface area contributed by atoms with Crippen LogP contribution in [-0.4, -0.2) is 38.2 Å². The van der Waals surface area contributed by atoms with Crippen molar-refractivity contribution in [3.8, 4) is 11.5 Å². The van der Waals surface area contributed by atoms with E-state index in [0.29, 0.717) is 25.5 Å². The number of benzene rings is 2. The maximum absolute atomic E-state index is 12.6. The highest BCUT2D eigenvalue weighted by Gasteiger charge is 2.36. The first-order valence-corrected chi connectivity index (χ1v) is 11.8. The Morgan fingerprint density at radius 2 is 1.74 bits per heavy atom. The molecule has 31 heavy (non-hydrogen) atoms. The highest BCUT2D eigenvalue weighted by atomic mass is 32.2. The molecule has 1 saturated heterocycles. The van der Waals surface area contributed by atoms with E-state index in [1.165, 1.54) is 11.1 Å². The van der Waals surface area contributed by atoms with Gasteiger partial charge in [-0.1, -0.05) is 39.0 Å². The van der Waals surface area contributed by atoms with Crippen LogP contribution in [0.2, 0.25) is 0 Å². The summed E-state index contributed by atoms with van der Waals surface area (Å²) in [6.45, 7) is 8.86. The molecule has 2 aliphatic heterocycles. The van der Waals surface area contributed by atoms with Crippen LogP contribution in [0.25, 0.3) is 0 Å². The minimum Gasteiger partial charge on any atom is -0.454 e. The first-order chi connectivity index (χ1) is 14.9. The van der Waals surface area contributed by atoms with Crippen LogP contribution in [0.4, 0.5) is 0 Å². The number of amides is 1. The number of rotatable bonds is 6. The second kappa shape index (κ2) is 9.13. The van der Waals surface area contributed by atoms with E-state index in [2.05, 4.69) is 62.5 Å². The van der Waals surface area contributed by atoms with Gasteiger partial charge in [0, 0.05) is 30.1 Å². The van der Waals surface area contributed by atoms with Crippen LogP contribution in [-0.2, 0) is 20.4 Å². The molecule has 0 aromatic heterocycles. The Balaban J connectivity index is 1.37. The lowest BCUT2D eigenvalue weighted by atomic mass is 9.74. The van der Waals surface area contributed by atoms with Gasteiger partial charge in [0.1, 0.15) is 0 Å². The lowest BCUT2D eigenvalue weighted by Crippen LogP contribution is -2.45. The van der Waals surface area contributed by atoms with Gasteiger partial charge in [-0.05, 0) is 53.6 Å². The highest BCUT2D eigenvalue weighted by Crippen LogP contribution is 2.40. The first kappa shape index (κ1) is 22.0. The third-order valence-electron chi connectivity index (χ3n) is 6.15. The molecule has 0 spiro atoms. The summed E-state index contributed by atoms with van der Waals surface area (Å²) < 4.78 is 16.6. The zero-order valence-corrected chi connectivity index (χ0v) is 19.3. The molecule has 166 valence electrons. The fourth-order valence-corrected chi connectivity index (χ4v) is 4.80. The van der Waals surface area contributed by atoms with E-state index in [9.17, 15) is 4.79 Å². The van der Waals surface area contributed by atoms with Gasteiger partial charge in [0.2, 0.25) is 12.7 Å². The van der Waals surface area contributed by atoms with Crippen molar-refractivity contribution in [1.29, 1.82) is 0 Å². The van der Waals surface area contributed by atoms with Crippen molar-refractivity contribution in [3.05, 3.63) is 53.6 Å². The van der Waals surface area contributed by atoms with Crippen LogP contribution in [0.1, 0.15) is 44.7 Å². The Hall–Kier alpha value is -2.18. The summed E-state index contributed by atoms with van der Waals surface area (Å²) in [5.74, 6) is 2.02. The van der Waals surface area contributed by atoms with Crippen molar-refractivity contribution in [2.75, 3.05) is 32.3 Å². The standard InChI is InChI=1S/C25H31NO4S/c1-24(2,3)18-4-7-20(8-5-18)31-15-23(27)26-16-25(10-12-28-13-11-25)19-6-9-21-22(14-19)30-17-29-21/h4-9,14H,10-13,15-17H2,1-3H3,(H,26,27). The zero-order valence-electron chi connectivity index (χ0n) is 18.5. The number of fused-ring (bicyclic) bond motifs is 1. The highest BCUT2D eigenvalue weighted by molar-refractivity contribution is 8.00. The van der Waals surface area contributed by atoms with Crippen LogP contribution < -0.4 is 14.8 Å². The molecule has 2 heterocycles. The number of thioether (sulfide) groups is 1. The lowest BCUT2D eigenvalue weighted by Gasteiger charge is -2.38. The minimum atomic E-state index is -0.145. The maximum Gasteiger partial charge on any atom is 0.231 e. The summed E-state index contributed by atoms with van der Waals surface area (Å²) >= 11 is 1.57. The predicted molar refractivity (Wildman–Crippen MR) is 123 cm³/mol. The molecule has 1 fully saturated rings. The number of hydrogen-bond acceptors (Lipinski definition) is 5. The molecule has 0 saturated carbocycles. The summed E-state index contributed by atoms with van der Waals surface area (Å²) in [7, 11) is 0. The van der Waals surface area contributed by atoms with Crippen molar-refractivity contribution in [3.63, 3.8) is 0 Å². The summed E-state index contributed by atoms with van der Waals surface area (Å²) in [6.07, 6.45) is 1.74. The van der Waals surface area contributed by atoms with Crippen LogP contribution in [0, 0.1) is 0 Å². The fourth-order valence-electron chi connectivity index (χ4n) is 4.07. The molecule has 0 atom stereocenters. The Kier molecular flexibility index (Phi) is 6.49. The predicted octanol–water partition coefficient (Wildman–Crippen LogP) is 4.67. The zero-order chi connectivity index (χ0) is 21.9. The lowest BCUT2D eigenvalue weighted by molar-refractivity contribution is -0.119. The molecule has 1 amide bonds. The van der Waals surface area contributed by atoms with Gasteiger partial charge in [0.25, 0.3) is 0 Å². The van der Waals surface area contributed by atoms with E-state index in [-0.39, 0.29) is 23.5 Å². The summed E-state index contributed by atoms with van der Waals surface area (Å²) in [6, 6.07) is 14.6. The molecular weight excluding hydrogens is 410 g/mol. The number of ether oxygens (including phenoxy) is 3. The SMILES string of the molecule is CC(C)(C)c1ccc(SCC(=O)NCC2(c3ccc4c(c3)OCO4)CCOCC2)cc1. The van der Waals surface area contributed by atoms with Crippen LogP contribution in [0.3, 0.4) is 0 Å². The molecular formula is C25H31NO4S. The molecule has 0 radical (unpaired) electrons. The van der Waals surface area contributed by atoms with Gasteiger partial charge in [-0.15, -0.1) is 11.8 Å². The van der Waals surface area contributed by atoms with E-state index < -0.39 is 0 Å². The average Bonchev–Trinajstić information content (AvgIpc) is 3.24. The van der Waals surface area contributed by atoms with Crippen molar-refractivity contribution < 1.29 is 19.0 Å². The second-order valence-corrected chi connectivity index (χ2v) is 10.3. The van der Waals surface area contributed by atoms with Crippen molar-refractivity contribution in [2.24, 2.45) is 0 Å². The first-order valence-electron chi connectivity index (χ1n) is 10.8. The number of carbonyl (C=O) groups excluding carboxylic acids is 1. The van der Waals surface area contributed by atoms with Gasteiger partial charge in [-0.2, -0.15) is 0 Å². The Labute approximate surface area is 188 Å². The van der Waals surface area contributed by atoms with Gasteiger partial charge >= 0.3 is 0 Å². The van der Waals surface area contributed by atoms with E-state index in [1.54, 1.807) is 11.8 Å². The van der Waals surface area contributed by atoms with E-state index in [0.717, 1.165) is 29.2 Å². The molecule has 2 aromatic rings. The van der Waals surface area contributed by atoms with E-state index in [4.69, 9.17) is 14.2 Å². The molecule has 0 unspecified atom stereocenters. The van der Waals surface area contributed by atoms with Gasteiger partial charge in [-0.3, -0.25) is 4.79 Å². The number of carbonyl (C=O) groups is 1. The molecule has 6 heteroatoms. The van der Waals surface area contributed by atoms with Gasteiger partial charge in [0.15, 0.2) is 11.5 Å². The second-order valence-electron chi connectivity index (χ2n) is 9.30. The van der Waals surface area contributed by atoms with Gasteiger partial charge < -0.3 is 19.5 Å². The smallest absolute Gasteiger partial charge is 0.231 e. The average molecular weight is 442 g/mol. The quantitative estimate of drug-likeness (QED) is 0.660. The molecule has 1 N–H and O–H groups in total. The molecule has 0 aliphatic carbocycles. The number of nitrogens with one attached hydrogen (secondary N) is 1. The normalized spacial score (nSPS) is 17.4. The van der Waals surface area contributed by atoms with Gasteiger partial charge in [-0.25, -0.2) is 0 Å². The third kappa shape index (κ3) is 5.18. The van der Waals surface area contributed by atoms with Crippen LogP contribution in [0.15, 0.2) is 47.4 Å². The van der Waals surface area contributed by atoms with Gasteiger partial charge in [0.05, 0.1) is 5.75 Å². The summed E-state index contributed by atoms with van der Waals surface area (Å²) in [5, 5.41) is 3.18. The Bertz CT molecular complexity index is 914. The van der Waals surface area contributed by atoms with E-state index in [1.807, 2.05) is 6.07 Å². The largest absolute Gasteiger partial charge is 0.454 e. The molecule has 4 rings (SSSR count). The number of hydrogen-bond donors (Lipinski definition) is 1.